The maximum atomic E-state index is 11.4. The number of rotatable bonds is 6. The van der Waals surface area contributed by atoms with Gasteiger partial charge in [-0.2, -0.15) is 5.10 Å². The zero-order chi connectivity index (χ0) is 13.7. The molecule has 0 saturated heterocycles. The molecule has 0 fully saturated rings. The Morgan fingerprint density at radius 1 is 1.50 bits per heavy atom. The van der Waals surface area contributed by atoms with Crippen LogP contribution in [0.5, 0.6) is 0 Å². The Kier molecular flexibility index (Phi) is 5.81. The molecule has 1 heterocycles. The standard InChI is InChI=1S/C12H21BrN4O/c1-8(2)15-11(18)5-6-14-7-10-12(13)9(3)16-17(10)4/h8,14H,5-7H2,1-4H3,(H,15,18). The summed E-state index contributed by atoms with van der Waals surface area (Å²) in [7, 11) is 1.92. The lowest BCUT2D eigenvalue weighted by Crippen LogP contribution is -2.32. The van der Waals surface area contributed by atoms with Gasteiger partial charge in [-0.15, -0.1) is 0 Å². The summed E-state index contributed by atoms with van der Waals surface area (Å²) in [5.41, 5.74) is 2.07. The molecule has 0 atom stereocenters. The molecule has 1 aromatic heterocycles. The Morgan fingerprint density at radius 3 is 2.67 bits per heavy atom. The van der Waals surface area contributed by atoms with Crippen LogP contribution < -0.4 is 10.6 Å². The molecule has 0 aromatic carbocycles. The van der Waals surface area contributed by atoms with E-state index in [1.54, 1.807) is 0 Å². The molecule has 5 nitrogen and oxygen atoms in total. The van der Waals surface area contributed by atoms with Gasteiger partial charge in [-0.1, -0.05) is 0 Å². The predicted molar refractivity (Wildman–Crippen MR) is 75.2 cm³/mol. The van der Waals surface area contributed by atoms with Crippen LogP contribution in [0, 0.1) is 6.92 Å². The minimum Gasteiger partial charge on any atom is -0.354 e. The molecule has 0 aliphatic carbocycles. The van der Waals surface area contributed by atoms with Gasteiger partial charge >= 0.3 is 0 Å². The SMILES string of the molecule is Cc1nn(C)c(CNCCC(=O)NC(C)C)c1Br. The topological polar surface area (TPSA) is 59.0 Å². The average molecular weight is 317 g/mol. The number of aryl methyl sites for hydroxylation is 2. The number of aromatic nitrogens is 2. The van der Waals surface area contributed by atoms with E-state index < -0.39 is 0 Å². The smallest absolute Gasteiger partial charge is 0.221 e. The predicted octanol–water partition coefficient (Wildman–Crippen LogP) is 1.50. The number of hydrogen-bond donors (Lipinski definition) is 2. The van der Waals surface area contributed by atoms with Crippen LogP contribution in [0.2, 0.25) is 0 Å². The molecule has 1 rings (SSSR count). The van der Waals surface area contributed by atoms with Gasteiger partial charge in [0.05, 0.1) is 15.9 Å². The summed E-state index contributed by atoms with van der Waals surface area (Å²) >= 11 is 3.51. The Hall–Kier alpha value is -0.880. The van der Waals surface area contributed by atoms with Gasteiger partial charge in [0, 0.05) is 32.6 Å². The lowest BCUT2D eigenvalue weighted by molar-refractivity contribution is -0.121. The molecule has 18 heavy (non-hydrogen) atoms. The van der Waals surface area contributed by atoms with Gasteiger partial charge in [0.2, 0.25) is 5.91 Å². The maximum Gasteiger partial charge on any atom is 0.221 e. The van der Waals surface area contributed by atoms with E-state index in [1.807, 2.05) is 32.5 Å². The molecular formula is C12H21BrN4O. The zero-order valence-electron chi connectivity index (χ0n) is 11.4. The monoisotopic (exact) mass is 316 g/mol. The minimum absolute atomic E-state index is 0.0813. The first kappa shape index (κ1) is 15.2. The number of nitrogens with one attached hydrogen (secondary N) is 2. The van der Waals surface area contributed by atoms with Crippen LogP contribution in [0.4, 0.5) is 0 Å². The Labute approximate surface area is 116 Å². The number of nitrogens with zero attached hydrogens (tertiary/aromatic N) is 2. The fourth-order valence-corrected chi connectivity index (χ4v) is 2.15. The molecule has 102 valence electrons. The van der Waals surface area contributed by atoms with Crippen molar-refractivity contribution in [3.05, 3.63) is 15.9 Å². The molecule has 0 aliphatic heterocycles. The van der Waals surface area contributed by atoms with E-state index >= 15 is 0 Å². The van der Waals surface area contributed by atoms with E-state index in [9.17, 15) is 4.79 Å². The first-order valence-corrected chi connectivity index (χ1v) is 6.89. The molecule has 0 spiro atoms. The van der Waals surface area contributed by atoms with Crippen LogP contribution in [0.15, 0.2) is 4.47 Å². The van der Waals surface area contributed by atoms with Crippen LogP contribution in [0.3, 0.4) is 0 Å². The maximum absolute atomic E-state index is 11.4. The molecule has 0 radical (unpaired) electrons. The lowest BCUT2D eigenvalue weighted by atomic mass is 10.3. The third-order valence-corrected chi connectivity index (χ3v) is 3.56. The molecule has 0 saturated carbocycles. The summed E-state index contributed by atoms with van der Waals surface area (Å²) in [6, 6.07) is 0.200. The van der Waals surface area contributed by atoms with Crippen molar-refractivity contribution in [3.8, 4) is 0 Å². The molecule has 1 amide bonds. The first-order chi connectivity index (χ1) is 8.41. The molecule has 0 bridgehead atoms. The van der Waals surface area contributed by atoms with Gasteiger partial charge in [0.1, 0.15) is 0 Å². The number of hydrogen-bond acceptors (Lipinski definition) is 3. The molecule has 2 N–H and O–H groups in total. The molecular weight excluding hydrogens is 296 g/mol. The fourth-order valence-electron chi connectivity index (χ4n) is 1.67. The summed E-state index contributed by atoms with van der Waals surface area (Å²) in [4.78, 5) is 11.4. The van der Waals surface area contributed by atoms with Gasteiger partial charge in [-0.3, -0.25) is 9.48 Å². The van der Waals surface area contributed by atoms with Gasteiger partial charge in [-0.25, -0.2) is 0 Å². The number of carbonyl (C=O) groups is 1. The van der Waals surface area contributed by atoms with Crippen LogP contribution in [-0.4, -0.2) is 28.3 Å². The van der Waals surface area contributed by atoms with Crippen molar-refractivity contribution in [2.24, 2.45) is 7.05 Å². The quantitative estimate of drug-likeness (QED) is 0.782. The second-order valence-electron chi connectivity index (χ2n) is 4.62. The van der Waals surface area contributed by atoms with Crippen molar-refractivity contribution in [3.63, 3.8) is 0 Å². The minimum atomic E-state index is 0.0813. The fraction of sp³-hybridized carbons (Fsp3) is 0.667. The summed E-state index contributed by atoms with van der Waals surface area (Å²) < 4.78 is 2.88. The largest absolute Gasteiger partial charge is 0.354 e. The van der Waals surface area contributed by atoms with Gasteiger partial charge in [0.15, 0.2) is 0 Å². The van der Waals surface area contributed by atoms with Crippen molar-refractivity contribution in [2.45, 2.75) is 39.8 Å². The summed E-state index contributed by atoms with van der Waals surface area (Å²) in [5, 5.41) is 10.4. The first-order valence-electron chi connectivity index (χ1n) is 6.10. The van der Waals surface area contributed by atoms with Crippen molar-refractivity contribution in [1.82, 2.24) is 20.4 Å². The van der Waals surface area contributed by atoms with Gasteiger partial charge in [-0.05, 0) is 36.7 Å². The van der Waals surface area contributed by atoms with E-state index in [1.165, 1.54) is 0 Å². The van der Waals surface area contributed by atoms with Crippen molar-refractivity contribution in [2.75, 3.05) is 6.54 Å². The second kappa shape index (κ2) is 6.89. The van der Waals surface area contributed by atoms with Crippen LogP contribution in [0.25, 0.3) is 0 Å². The summed E-state index contributed by atoms with van der Waals surface area (Å²) in [6.45, 7) is 7.24. The Morgan fingerprint density at radius 2 is 2.17 bits per heavy atom. The van der Waals surface area contributed by atoms with Crippen LogP contribution in [-0.2, 0) is 18.4 Å². The van der Waals surface area contributed by atoms with E-state index in [4.69, 9.17) is 0 Å². The van der Waals surface area contributed by atoms with Crippen molar-refractivity contribution >= 4 is 21.8 Å². The second-order valence-corrected chi connectivity index (χ2v) is 5.41. The van der Waals surface area contributed by atoms with Gasteiger partial charge < -0.3 is 10.6 Å². The third kappa shape index (κ3) is 4.42. The summed E-state index contributed by atoms with van der Waals surface area (Å²) in [6.07, 6.45) is 0.493. The Balaban J connectivity index is 2.32. The van der Waals surface area contributed by atoms with Crippen molar-refractivity contribution in [1.29, 1.82) is 0 Å². The highest BCUT2D eigenvalue weighted by atomic mass is 79.9. The molecule has 1 aromatic rings. The highest BCUT2D eigenvalue weighted by Crippen LogP contribution is 2.19. The number of carbonyl (C=O) groups excluding carboxylic acids is 1. The normalized spacial score (nSPS) is 11.0. The Bertz CT molecular complexity index is 414. The van der Waals surface area contributed by atoms with Crippen molar-refractivity contribution < 1.29 is 4.79 Å². The highest BCUT2D eigenvalue weighted by Gasteiger charge is 2.10. The van der Waals surface area contributed by atoms with E-state index in [2.05, 4.69) is 31.7 Å². The number of halogens is 1. The third-order valence-electron chi connectivity index (χ3n) is 2.53. The average Bonchev–Trinajstić information content (AvgIpc) is 2.49. The molecule has 0 unspecified atom stereocenters. The van der Waals surface area contributed by atoms with Crippen LogP contribution in [0.1, 0.15) is 31.7 Å². The van der Waals surface area contributed by atoms with E-state index in [0.29, 0.717) is 19.5 Å². The highest BCUT2D eigenvalue weighted by molar-refractivity contribution is 9.10. The van der Waals surface area contributed by atoms with Crippen LogP contribution >= 0.6 is 15.9 Å². The van der Waals surface area contributed by atoms with E-state index in [0.717, 1.165) is 15.9 Å². The van der Waals surface area contributed by atoms with E-state index in [-0.39, 0.29) is 11.9 Å². The summed E-state index contributed by atoms with van der Waals surface area (Å²) in [5.74, 6) is 0.0813. The lowest BCUT2D eigenvalue weighted by Gasteiger charge is -2.09. The zero-order valence-corrected chi connectivity index (χ0v) is 13.0. The molecule has 0 aliphatic rings. The number of amides is 1. The molecule has 6 heteroatoms. The van der Waals surface area contributed by atoms with Gasteiger partial charge in [0.25, 0.3) is 0 Å².